The number of esters is 1. The molecule has 0 spiro atoms. The number of ether oxygens (including phenoxy) is 2. The lowest BCUT2D eigenvalue weighted by Gasteiger charge is -2.44. The van der Waals surface area contributed by atoms with E-state index in [2.05, 4.69) is 5.32 Å². The van der Waals surface area contributed by atoms with E-state index in [1.807, 2.05) is 72.2 Å². The van der Waals surface area contributed by atoms with E-state index in [0.29, 0.717) is 27.8 Å². The highest BCUT2D eigenvalue weighted by Gasteiger charge is 2.64. The number of carbonyl (C=O) groups is 4. The van der Waals surface area contributed by atoms with Crippen LogP contribution in [0.15, 0.2) is 36.4 Å². The van der Waals surface area contributed by atoms with E-state index in [0.717, 1.165) is 5.39 Å². The van der Waals surface area contributed by atoms with E-state index in [9.17, 15) is 24.3 Å². The van der Waals surface area contributed by atoms with Crippen LogP contribution in [-0.2, 0) is 19.1 Å². The summed E-state index contributed by atoms with van der Waals surface area (Å²) in [5, 5.41) is 15.3. The zero-order chi connectivity index (χ0) is 28.7. The number of nitrogens with zero attached hydrogens (tertiary/aromatic N) is 2. The molecule has 0 bridgehead atoms. The molecular formula is C28H35N3O7S. The number of quaternary nitrogens is 1. The van der Waals surface area contributed by atoms with Gasteiger partial charge in [0, 0.05) is 17.1 Å². The van der Waals surface area contributed by atoms with Gasteiger partial charge >= 0.3 is 5.97 Å². The SMILES string of the molecule is CCOc1ccc2ccccc2c1C(=O)N[C@@H]1C(=O)N2[C@@H]1SC(C)(C)[C@@H]2C(=O)OC(CC(=O)[O-])C[N+](C)(C)C. The van der Waals surface area contributed by atoms with Gasteiger partial charge in [0.05, 0.1) is 33.3 Å². The van der Waals surface area contributed by atoms with Crippen molar-refractivity contribution in [1.82, 2.24) is 10.2 Å². The van der Waals surface area contributed by atoms with Crippen LogP contribution < -0.4 is 15.2 Å². The van der Waals surface area contributed by atoms with Gasteiger partial charge in [-0.2, -0.15) is 0 Å². The summed E-state index contributed by atoms with van der Waals surface area (Å²) in [6, 6.07) is 9.31. The van der Waals surface area contributed by atoms with Gasteiger partial charge in [0.15, 0.2) is 6.10 Å². The number of β-lactam (4-membered cyclic amide) rings is 1. The van der Waals surface area contributed by atoms with E-state index in [-0.39, 0.29) is 6.54 Å². The summed E-state index contributed by atoms with van der Waals surface area (Å²) in [6.45, 7) is 6.14. The van der Waals surface area contributed by atoms with E-state index in [1.165, 1.54) is 16.7 Å². The summed E-state index contributed by atoms with van der Waals surface area (Å²) in [5.74, 6) is -2.39. The Hall–Kier alpha value is -3.31. The Labute approximate surface area is 232 Å². The number of hydrogen-bond donors (Lipinski definition) is 1. The summed E-state index contributed by atoms with van der Waals surface area (Å²) in [5.41, 5.74) is 0.352. The number of carboxylic acid groups (broad SMARTS) is 1. The van der Waals surface area contributed by atoms with Crippen LogP contribution in [-0.4, -0.2) is 95.7 Å². The van der Waals surface area contributed by atoms with Crippen molar-refractivity contribution in [2.75, 3.05) is 34.3 Å². The minimum atomic E-state index is -1.32. The molecule has 2 fully saturated rings. The lowest BCUT2D eigenvalue weighted by atomic mass is 9.95. The first kappa shape index (κ1) is 28.7. The van der Waals surface area contributed by atoms with Crippen LogP contribution >= 0.6 is 11.8 Å². The molecule has 2 amide bonds. The van der Waals surface area contributed by atoms with Gasteiger partial charge in [-0.3, -0.25) is 9.59 Å². The normalized spacial score (nSPS) is 22.6. The Balaban J connectivity index is 1.54. The van der Waals surface area contributed by atoms with Crippen molar-refractivity contribution >= 4 is 46.3 Å². The molecule has 2 saturated heterocycles. The van der Waals surface area contributed by atoms with E-state index >= 15 is 0 Å². The van der Waals surface area contributed by atoms with Crippen molar-refractivity contribution in [2.24, 2.45) is 0 Å². The van der Waals surface area contributed by atoms with Crippen molar-refractivity contribution in [1.29, 1.82) is 0 Å². The molecule has 0 aromatic heterocycles. The van der Waals surface area contributed by atoms with Gasteiger partial charge in [0.1, 0.15) is 29.8 Å². The molecule has 39 heavy (non-hydrogen) atoms. The summed E-state index contributed by atoms with van der Waals surface area (Å²) >= 11 is 1.40. The monoisotopic (exact) mass is 557 g/mol. The lowest BCUT2D eigenvalue weighted by Crippen LogP contribution is -2.70. The number of fused-ring (bicyclic) bond motifs is 2. The van der Waals surface area contributed by atoms with E-state index < -0.39 is 58.5 Å². The van der Waals surface area contributed by atoms with Crippen molar-refractivity contribution in [3.8, 4) is 5.75 Å². The Morgan fingerprint density at radius 1 is 1.15 bits per heavy atom. The van der Waals surface area contributed by atoms with Gasteiger partial charge < -0.3 is 34.1 Å². The Morgan fingerprint density at radius 3 is 2.49 bits per heavy atom. The van der Waals surface area contributed by atoms with Gasteiger partial charge in [0.2, 0.25) is 5.91 Å². The topological polar surface area (TPSA) is 125 Å². The highest BCUT2D eigenvalue weighted by Crippen LogP contribution is 2.51. The van der Waals surface area contributed by atoms with Crippen LogP contribution in [0.3, 0.4) is 0 Å². The molecule has 2 aromatic rings. The third kappa shape index (κ3) is 5.84. The van der Waals surface area contributed by atoms with Crippen molar-refractivity contribution in [3.63, 3.8) is 0 Å². The van der Waals surface area contributed by atoms with Crippen LogP contribution in [0, 0.1) is 0 Å². The standard InChI is InChI=1S/C28H35N3O7S/c1-7-37-19-13-12-16-10-8-9-11-18(16)21(19)24(34)29-22-25(35)30-23(28(2,3)39-26(22)30)27(36)38-17(14-20(32)33)15-31(4,5)6/h8-13,17,22-23,26H,7,14-15H2,1-6H3,(H-,29,32,33,34)/t17?,22-,23+,26-/m1/s1. The second-order valence-corrected chi connectivity index (χ2v) is 13.2. The van der Waals surface area contributed by atoms with Crippen molar-refractivity contribution in [2.45, 2.75) is 55.5 Å². The molecule has 2 heterocycles. The number of aliphatic carboxylic acids is 1. The zero-order valence-electron chi connectivity index (χ0n) is 23.1. The molecule has 4 atom stereocenters. The second-order valence-electron chi connectivity index (χ2n) is 11.4. The van der Waals surface area contributed by atoms with Gasteiger partial charge in [-0.1, -0.05) is 30.3 Å². The molecule has 1 unspecified atom stereocenters. The van der Waals surface area contributed by atoms with Crippen molar-refractivity contribution < 1.29 is 38.2 Å². The summed E-state index contributed by atoms with van der Waals surface area (Å²) in [4.78, 5) is 52.9. The maximum atomic E-state index is 13.5. The number of hydrogen-bond acceptors (Lipinski definition) is 8. The largest absolute Gasteiger partial charge is 0.550 e. The van der Waals surface area contributed by atoms with Crippen LogP contribution in [0.4, 0.5) is 0 Å². The lowest BCUT2D eigenvalue weighted by molar-refractivity contribution is -0.873. The number of nitrogens with one attached hydrogen (secondary N) is 1. The maximum absolute atomic E-state index is 13.5. The number of thioether (sulfide) groups is 1. The molecule has 2 aromatic carbocycles. The van der Waals surface area contributed by atoms with E-state index in [1.54, 1.807) is 6.07 Å². The smallest absolute Gasteiger partial charge is 0.330 e. The first-order valence-electron chi connectivity index (χ1n) is 12.9. The fourth-order valence-electron chi connectivity index (χ4n) is 5.27. The molecule has 2 aliphatic heterocycles. The molecule has 10 nitrogen and oxygen atoms in total. The van der Waals surface area contributed by atoms with Crippen LogP contribution in [0.25, 0.3) is 10.8 Å². The first-order valence-corrected chi connectivity index (χ1v) is 13.8. The average molecular weight is 558 g/mol. The zero-order valence-corrected chi connectivity index (χ0v) is 23.9. The third-order valence-electron chi connectivity index (χ3n) is 6.80. The van der Waals surface area contributed by atoms with Gasteiger partial charge in [-0.15, -0.1) is 11.8 Å². The Bertz CT molecular complexity index is 1310. The van der Waals surface area contributed by atoms with E-state index in [4.69, 9.17) is 9.47 Å². The van der Waals surface area contributed by atoms with Crippen molar-refractivity contribution in [3.05, 3.63) is 42.0 Å². The third-order valence-corrected chi connectivity index (χ3v) is 8.37. The highest BCUT2D eigenvalue weighted by atomic mass is 32.2. The fraction of sp³-hybridized carbons (Fsp3) is 0.500. The molecule has 210 valence electrons. The number of carbonyl (C=O) groups excluding carboxylic acids is 4. The molecule has 11 heteroatoms. The van der Waals surface area contributed by atoms with Gasteiger partial charge in [-0.25, -0.2) is 4.79 Å². The minimum Gasteiger partial charge on any atom is -0.550 e. The average Bonchev–Trinajstić information content (AvgIpc) is 3.08. The number of carboxylic acids is 1. The molecule has 0 radical (unpaired) electrons. The fourth-order valence-corrected chi connectivity index (χ4v) is 6.89. The molecule has 0 saturated carbocycles. The van der Waals surface area contributed by atoms with Crippen LogP contribution in [0.5, 0.6) is 5.75 Å². The van der Waals surface area contributed by atoms with Gasteiger partial charge in [0.25, 0.3) is 5.91 Å². The first-order chi connectivity index (χ1) is 18.2. The van der Waals surface area contributed by atoms with Crippen LogP contribution in [0.2, 0.25) is 0 Å². The number of benzene rings is 2. The summed E-state index contributed by atoms with van der Waals surface area (Å²) in [6.07, 6.45) is -1.34. The number of rotatable bonds is 10. The Kier molecular flexibility index (Phi) is 7.86. The number of likely N-dealkylation sites (N-methyl/N-ethyl adjacent to an activating group) is 1. The highest BCUT2D eigenvalue weighted by molar-refractivity contribution is 8.01. The second kappa shape index (κ2) is 10.7. The minimum absolute atomic E-state index is 0.267. The molecule has 1 N–H and O–H groups in total. The Morgan fingerprint density at radius 2 is 1.85 bits per heavy atom. The van der Waals surface area contributed by atoms with Gasteiger partial charge in [-0.05, 0) is 37.6 Å². The van der Waals surface area contributed by atoms with Crippen LogP contribution in [0.1, 0.15) is 37.6 Å². The quantitative estimate of drug-likeness (QED) is 0.262. The molecular weight excluding hydrogens is 522 g/mol. The maximum Gasteiger partial charge on any atom is 0.330 e. The molecule has 4 rings (SSSR count). The summed E-state index contributed by atoms with van der Waals surface area (Å²) in [7, 11) is 5.59. The molecule has 2 aliphatic rings. The summed E-state index contributed by atoms with van der Waals surface area (Å²) < 4.78 is 11.0. The predicted molar refractivity (Wildman–Crippen MR) is 145 cm³/mol. The number of amides is 2. The molecule has 0 aliphatic carbocycles. The predicted octanol–water partition coefficient (Wildman–Crippen LogP) is 1.16.